The fourth-order valence-electron chi connectivity index (χ4n) is 2.12. The van der Waals surface area contributed by atoms with E-state index in [4.69, 9.17) is 0 Å². The number of carbonyl (C=O) groups is 2. The molecule has 2 N–H and O–H groups in total. The second-order valence-electron chi connectivity index (χ2n) is 5.75. The first-order valence-electron chi connectivity index (χ1n) is 7.69. The zero-order chi connectivity index (χ0) is 19.3. The minimum atomic E-state index is -4.39. The molecule has 0 saturated carbocycles. The molecule has 0 atom stereocenters. The van der Waals surface area contributed by atoms with Crippen LogP contribution in [0.15, 0.2) is 48.5 Å². The summed E-state index contributed by atoms with van der Waals surface area (Å²) in [6, 6.07) is 10.8. The summed E-state index contributed by atoms with van der Waals surface area (Å²) in [5, 5.41) is 5.38. The van der Waals surface area contributed by atoms with Gasteiger partial charge >= 0.3 is 6.18 Å². The number of nitrogens with zero attached hydrogens (tertiary/aromatic N) is 1. The Hall–Kier alpha value is -3.03. The molecule has 2 aromatic rings. The van der Waals surface area contributed by atoms with E-state index in [-0.39, 0.29) is 18.4 Å². The number of hydrogen-bond donors (Lipinski definition) is 2. The predicted molar refractivity (Wildman–Crippen MR) is 93.0 cm³/mol. The van der Waals surface area contributed by atoms with Gasteiger partial charge in [-0.25, -0.2) is 0 Å². The van der Waals surface area contributed by atoms with Crippen LogP contribution in [-0.4, -0.2) is 37.4 Å². The lowest BCUT2D eigenvalue weighted by atomic mass is 10.2. The third-order valence-electron chi connectivity index (χ3n) is 3.49. The summed E-state index contributed by atoms with van der Waals surface area (Å²) < 4.78 is 37.5. The van der Waals surface area contributed by atoms with Crippen molar-refractivity contribution in [3.05, 3.63) is 59.7 Å². The van der Waals surface area contributed by atoms with Gasteiger partial charge in [-0.05, 0) is 48.5 Å². The van der Waals surface area contributed by atoms with Gasteiger partial charge in [-0.1, -0.05) is 0 Å². The molecule has 5 nitrogen and oxygen atoms in total. The molecule has 0 fully saturated rings. The number of amides is 2. The normalized spacial score (nSPS) is 11.0. The van der Waals surface area contributed by atoms with Crippen molar-refractivity contribution in [1.29, 1.82) is 0 Å². The molecule has 0 aromatic heterocycles. The van der Waals surface area contributed by atoms with Gasteiger partial charge in [0.15, 0.2) is 0 Å². The monoisotopic (exact) mass is 365 g/mol. The van der Waals surface area contributed by atoms with Crippen LogP contribution in [0.4, 0.5) is 24.5 Å². The van der Waals surface area contributed by atoms with Crippen molar-refractivity contribution >= 4 is 23.2 Å². The van der Waals surface area contributed by atoms with E-state index in [0.29, 0.717) is 16.9 Å². The van der Waals surface area contributed by atoms with E-state index in [0.717, 1.165) is 12.1 Å². The molecule has 0 unspecified atom stereocenters. The van der Waals surface area contributed by atoms with Crippen LogP contribution in [0.5, 0.6) is 0 Å². The van der Waals surface area contributed by atoms with Crippen LogP contribution >= 0.6 is 0 Å². The summed E-state index contributed by atoms with van der Waals surface area (Å²) in [6.45, 7) is -0.107. The first-order chi connectivity index (χ1) is 12.2. The molecule has 2 aromatic carbocycles. The SMILES string of the molecule is CN(C)C(=O)c1ccc(NC(=O)CNc2ccc(C(F)(F)F)cc2)cc1. The van der Waals surface area contributed by atoms with Crippen molar-refractivity contribution in [3.63, 3.8) is 0 Å². The average Bonchev–Trinajstić information content (AvgIpc) is 2.59. The van der Waals surface area contributed by atoms with Gasteiger partial charge in [-0.3, -0.25) is 9.59 Å². The van der Waals surface area contributed by atoms with E-state index < -0.39 is 11.7 Å². The lowest BCUT2D eigenvalue weighted by Gasteiger charge is -2.12. The molecule has 0 bridgehead atoms. The largest absolute Gasteiger partial charge is 0.416 e. The molecule has 0 aliphatic rings. The van der Waals surface area contributed by atoms with E-state index in [1.807, 2.05) is 0 Å². The maximum atomic E-state index is 12.5. The number of rotatable bonds is 5. The Labute approximate surface area is 148 Å². The summed E-state index contributed by atoms with van der Waals surface area (Å²) in [6.07, 6.45) is -4.39. The third-order valence-corrected chi connectivity index (χ3v) is 3.49. The van der Waals surface area contributed by atoms with Gasteiger partial charge in [0.25, 0.3) is 5.91 Å². The van der Waals surface area contributed by atoms with Crippen LogP contribution in [-0.2, 0) is 11.0 Å². The Kier molecular flexibility index (Phi) is 5.86. The molecule has 0 saturated heterocycles. The molecule has 138 valence electrons. The standard InChI is InChI=1S/C18H18F3N3O2/c1-24(2)17(26)12-3-7-15(8-4-12)23-16(25)11-22-14-9-5-13(6-10-14)18(19,20)21/h3-10,22H,11H2,1-2H3,(H,23,25). The van der Waals surface area contributed by atoms with Crippen molar-refractivity contribution in [2.24, 2.45) is 0 Å². The van der Waals surface area contributed by atoms with E-state index in [1.54, 1.807) is 38.4 Å². The molecule has 0 aliphatic carbocycles. The van der Waals surface area contributed by atoms with Gasteiger partial charge in [0.2, 0.25) is 5.91 Å². The predicted octanol–water partition coefficient (Wildman–Crippen LogP) is 3.46. The van der Waals surface area contributed by atoms with Crippen LogP contribution in [0.3, 0.4) is 0 Å². The van der Waals surface area contributed by atoms with Gasteiger partial charge in [0.05, 0.1) is 12.1 Å². The number of alkyl halides is 3. The van der Waals surface area contributed by atoms with Crippen molar-refractivity contribution < 1.29 is 22.8 Å². The van der Waals surface area contributed by atoms with Crippen molar-refractivity contribution in [2.45, 2.75) is 6.18 Å². The number of hydrogen-bond acceptors (Lipinski definition) is 3. The highest BCUT2D eigenvalue weighted by molar-refractivity contribution is 5.96. The van der Waals surface area contributed by atoms with E-state index in [1.165, 1.54) is 17.0 Å². The maximum absolute atomic E-state index is 12.5. The fourth-order valence-corrected chi connectivity index (χ4v) is 2.12. The number of halogens is 3. The van der Waals surface area contributed by atoms with Crippen LogP contribution in [0.1, 0.15) is 15.9 Å². The maximum Gasteiger partial charge on any atom is 0.416 e. The molecular formula is C18H18F3N3O2. The van der Waals surface area contributed by atoms with Crippen LogP contribution in [0.25, 0.3) is 0 Å². The fraction of sp³-hybridized carbons (Fsp3) is 0.222. The Bertz CT molecular complexity index is 770. The van der Waals surface area contributed by atoms with Gasteiger partial charge in [-0.15, -0.1) is 0 Å². The molecule has 0 aliphatic heterocycles. The van der Waals surface area contributed by atoms with Gasteiger partial charge in [0, 0.05) is 31.0 Å². The van der Waals surface area contributed by atoms with Crippen LogP contribution in [0.2, 0.25) is 0 Å². The van der Waals surface area contributed by atoms with E-state index in [9.17, 15) is 22.8 Å². The molecular weight excluding hydrogens is 347 g/mol. The quantitative estimate of drug-likeness (QED) is 0.853. The summed E-state index contributed by atoms with van der Waals surface area (Å²) in [4.78, 5) is 25.1. The number of anilines is 2. The first-order valence-corrected chi connectivity index (χ1v) is 7.69. The summed E-state index contributed by atoms with van der Waals surface area (Å²) in [5.74, 6) is -0.511. The molecule has 0 radical (unpaired) electrons. The summed E-state index contributed by atoms with van der Waals surface area (Å²) in [5.41, 5.74) is 0.662. The second-order valence-corrected chi connectivity index (χ2v) is 5.75. The Morgan fingerprint density at radius 2 is 1.46 bits per heavy atom. The summed E-state index contributed by atoms with van der Waals surface area (Å²) >= 11 is 0. The smallest absolute Gasteiger partial charge is 0.376 e. The van der Waals surface area contributed by atoms with Gasteiger partial charge < -0.3 is 15.5 Å². The van der Waals surface area contributed by atoms with Crippen LogP contribution in [0, 0.1) is 0 Å². The van der Waals surface area contributed by atoms with Gasteiger partial charge in [-0.2, -0.15) is 13.2 Å². The zero-order valence-electron chi connectivity index (χ0n) is 14.2. The highest BCUT2D eigenvalue weighted by atomic mass is 19.4. The third kappa shape index (κ3) is 5.23. The summed E-state index contributed by atoms with van der Waals surface area (Å²) in [7, 11) is 3.29. The number of nitrogens with one attached hydrogen (secondary N) is 2. The topological polar surface area (TPSA) is 61.4 Å². The van der Waals surface area contributed by atoms with Crippen molar-refractivity contribution in [3.8, 4) is 0 Å². The Balaban J connectivity index is 1.88. The molecule has 26 heavy (non-hydrogen) atoms. The minimum Gasteiger partial charge on any atom is -0.376 e. The number of benzene rings is 2. The highest BCUT2D eigenvalue weighted by Gasteiger charge is 2.29. The zero-order valence-corrected chi connectivity index (χ0v) is 14.2. The highest BCUT2D eigenvalue weighted by Crippen LogP contribution is 2.29. The lowest BCUT2D eigenvalue weighted by molar-refractivity contribution is -0.137. The van der Waals surface area contributed by atoms with Crippen molar-refractivity contribution in [1.82, 2.24) is 4.90 Å². The van der Waals surface area contributed by atoms with Crippen LogP contribution < -0.4 is 10.6 Å². The Morgan fingerprint density at radius 3 is 1.96 bits per heavy atom. The molecule has 2 amide bonds. The first kappa shape index (κ1) is 19.3. The minimum absolute atomic E-state index is 0.107. The van der Waals surface area contributed by atoms with Gasteiger partial charge in [0.1, 0.15) is 0 Å². The average molecular weight is 365 g/mol. The molecule has 0 heterocycles. The second kappa shape index (κ2) is 7.90. The van der Waals surface area contributed by atoms with E-state index >= 15 is 0 Å². The number of carbonyl (C=O) groups excluding carboxylic acids is 2. The molecule has 8 heteroatoms. The molecule has 2 rings (SSSR count). The molecule has 0 spiro atoms. The lowest BCUT2D eigenvalue weighted by Crippen LogP contribution is -2.23. The van der Waals surface area contributed by atoms with Crippen molar-refractivity contribution in [2.75, 3.05) is 31.3 Å². The Morgan fingerprint density at radius 1 is 0.923 bits per heavy atom. The van der Waals surface area contributed by atoms with E-state index in [2.05, 4.69) is 10.6 Å².